The van der Waals surface area contributed by atoms with Crippen molar-refractivity contribution in [2.45, 2.75) is 31.1 Å². The van der Waals surface area contributed by atoms with Crippen LogP contribution in [0.15, 0.2) is 43.0 Å². The van der Waals surface area contributed by atoms with Gasteiger partial charge in [-0.25, -0.2) is 19.9 Å². The Morgan fingerprint density at radius 1 is 1.22 bits per heavy atom. The van der Waals surface area contributed by atoms with Gasteiger partial charge in [-0.2, -0.15) is 0 Å². The average Bonchev–Trinajstić information content (AvgIpc) is 3.47. The second-order valence-electron chi connectivity index (χ2n) is 8.18. The number of likely N-dealkylation sites (N-methyl/N-ethyl adjacent to an activating group) is 1. The lowest BCUT2D eigenvalue weighted by Crippen LogP contribution is -2.41. The number of pyridine rings is 2. The molecule has 4 aromatic heterocycles. The van der Waals surface area contributed by atoms with Gasteiger partial charge in [0.25, 0.3) is 5.91 Å². The molecule has 1 aliphatic rings. The van der Waals surface area contributed by atoms with Crippen LogP contribution in [-0.2, 0) is 16.1 Å². The van der Waals surface area contributed by atoms with Gasteiger partial charge in [0.05, 0.1) is 31.9 Å². The van der Waals surface area contributed by atoms with Crippen LogP contribution in [0.25, 0.3) is 22.6 Å². The molecule has 5 heterocycles. The number of carbonyl (C=O) groups is 1. The van der Waals surface area contributed by atoms with E-state index < -0.39 is 30.4 Å². The maximum atomic E-state index is 12.1. The van der Waals surface area contributed by atoms with Gasteiger partial charge in [0.15, 0.2) is 35.1 Å². The monoisotopic (exact) mass is 526 g/mol. The van der Waals surface area contributed by atoms with E-state index in [1.807, 2.05) is 6.07 Å². The Balaban J connectivity index is 1.59. The van der Waals surface area contributed by atoms with E-state index in [0.717, 1.165) is 0 Å². The maximum Gasteiger partial charge on any atom is 0.251 e. The van der Waals surface area contributed by atoms with Gasteiger partial charge in [0, 0.05) is 18.8 Å². The van der Waals surface area contributed by atoms with Gasteiger partial charge in [-0.3, -0.25) is 14.3 Å². The van der Waals surface area contributed by atoms with Gasteiger partial charge < -0.3 is 30.3 Å². The maximum absolute atomic E-state index is 12.1. The number of hydrogen-bond acceptors (Lipinski definition) is 11. The van der Waals surface area contributed by atoms with Gasteiger partial charge in [-0.15, -0.1) is 0 Å². The topological polar surface area (TPSA) is 169 Å². The molecule has 13 nitrogen and oxygen atoms in total. The summed E-state index contributed by atoms with van der Waals surface area (Å²) >= 11 is 6.02. The SMILES string of the molecule is CNC(=O)[C@@H]1OC(n2cnc3c(NCc4cccc(Cl)n4)nc(-c4cncc(OC)c4)nc32)C(O)C1O. The Morgan fingerprint density at radius 3 is 2.81 bits per heavy atom. The first-order valence-corrected chi connectivity index (χ1v) is 11.6. The summed E-state index contributed by atoms with van der Waals surface area (Å²) in [5.74, 6) is 0.614. The summed E-state index contributed by atoms with van der Waals surface area (Å²) in [6.07, 6.45) is -0.712. The number of imidazole rings is 1. The van der Waals surface area contributed by atoms with E-state index in [-0.39, 0.29) is 12.4 Å². The zero-order chi connectivity index (χ0) is 26.1. The standard InChI is InChI=1S/C23H23ClN8O5/c1-25-22(35)18-16(33)17(34)23(37-18)32-10-28-15-20(27-8-12-4-3-5-14(24)29-12)30-19(31-21(15)32)11-6-13(36-2)9-26-7-11/h3-7,9-10,16-18,23,33-34H,8H2,1-2H3,(H,25,35)(H,27,30,31)/t16?,17?,18-,23?/m1/s1. The molecule has 5 rings (SSSR count). The summed E-state index contributed by atoms with van der Waals surface area (Å²) in [5.41, 5.74) is 1.90. The number of nitrogens with one attached hydrogen (secondary N) is 2. The number of carbonyl (C=O) groups excluding carboxylic acids is 1. The van der Waals surface area contributed by atoms with E-state index in [1.165, 1.54) is 25.1 Å². The molecule has 1 amide bonds. The van der Waals surface area contributed by atoms with Crippen molar-refractivity contribution >= 4 is 34.5 Å². The van der Waals surface area contributed by atoms with Crippen molar-refractivity contribution in [1.29, 1.82) is 0 Å². The first kappa shape index (κ1) is 24.8. The lowest BCUT2D eigenvalue weighted by molar-refractivity contribution is -0.137. The molecule has 0 saturated carbocycles. The highest BCUT2D eigenvalue weighted by molar-refractivity contribution is 6.29. The van der Waals surface area contributed by atoms with Crippen LogP contribution in [0.2, 0.25) is 5.15 Å². The van der Waals surface area contributed by atoms with E-state index in [9.17, 15) is 15.0 Å². The highest BCUT2D eigenvalue weighted by Crippen LogP contribution is 2.34. The summed E-state index contributed by atoms with van der Waals surface area (Å²) in [7, 11) is 2.94. The lowest BCUT2D eigenvalue weighted by atomic mass is 10.1. The van der Waals surface area contributed by atoms with Crippen LogP contribution in [0.3, 0.4) is 0 Å². The summed E-state index contributed by atoms with van der Waals surface area (Å²) < 4.78 is 12.5. The van der Waals surface area contributed by atoms with Crippen LogP contribution >= 0.6 is 11.6 Å². The Hall–Kier alpha value is -3.91. The smallest absolute Gasteiger partial charge is 0.251 e. The minimum Gasteiger partial charge on any atom is -0.495 e. The molecule has 0 spiro atoms. The van der Waals surface area contributed by atoms with E-state index in [0.29, 0.717) is 39.1 Å². The number of aromatic nitrogens is 6. The minimum absolute atomic E-state index is 0.287. The molecule has 1 saturated heterocycles. The molecule has 4 N–H and O–H groups in total. The number of nitrogens with zero attached hydrogens (tertiary/aromatic N) is 6. The van der Waals surface area contributed by atoms with Crippen molar-refractivity contribution in [2.75, 3.05) is 19.5 Å². The Morgan fingerprint density at radius 2 is 2.05 bits per heavy atom. The first-order valence-electron chi connectivity index (χ1n) is 11.2. The molecule has 37 heavy (non-hydrogen) atoms. The van der Waals surface area contributed by atoms with Gasteiger partial charge in [0.2, 0.25) is 0 Å². The summed E-state index contributed by atoms with van der Waals surface area (Å²) in [4.78, 5) is 34.3. The fourth-order valence-corrected chi connectivity index (χ4v) is 4.16. The van der Waals surface area contributed by atoms with Crippen LogP contribution < -0.4 is 15.4 Å². The number of anilines is 1. The second kappa shape index (κ2) is 10.2. The van der Waals surface area contributed by atoms with E-state index in [1.54, 1.807) is 30.6 Å². The fraction of sp³-hybridized carbons (Fsp3) is 0.304. The van der Waals surface area contributed by atoms with Crippen molar-refractivity contribution in [3.05, 3.63) is 53.8 Å². The zero-order valence-electron chi connectivity index (χ0n) is 19.7. The molecule has 0 aromatic carbocycles. The molecule has 0 aliphatic carbocycles. The predicted octanol–water partition coefficient (Wildman–Crippen LogP) is 0.923. The van der Waals surface area contributed by atoms with Crippen molar-refractivity contribution in [1.82, 2.24) is 34.8 Å². The molecular weight excluding hydrogens is 504 g/mol. The summed E-state index contributed by atoms with van der Waals surface area (Å²) in [5, 5.41) is 27.1. The zero-order valence-corrected chi connectivity index (χ0v) is 20.5. The van der Waals surface area contributed by atoms with Crippen LogP contribution in [0.1, 0.15) is 11.9 Å². The Kier molecular flexibility index (Phi) is 6.84. The van der Waals surface area contributed by atoms with Gasteiger partial charge in [-0.1, -0.05) is 17.7 Å². The van der Waals surface area contributed by atoms with E-state index >= 15 is 0 Å². The predicted molar refractivity (Wildman–Crippen MR) is 132 cm³/mol. The molecule has 1 aliphatic heterocycles. The second-order valence-corrected chi connectivity index (χ2v) is 8.57. The highest BCUT2D eigenvalue weighted by atomic mass is 35.5. The third-order valence-corrected chi connectivity index (χ3v) is 6.07. The third-order valence-electron chi connectivity index (χ3n) is 5.86. The number of aliphatic hydroxyl groups excluding tert-OH is 2. The van der Waals surface area contributed by atoms with Gasteiger partial charge in [0.1, 0.15) is 23.1 Å². The third kappa shape index (κ3) is 4.76. The minimum atomic E-state index is -1.45. The van der Waals surface area contributed by atoms with Crippen molar-refractivity contribution in [3.8, 4) is 17.1 Å². The number of fused-ring (bicyclic) bond motifs is 1. The molecule has 3 unspecified atom stereocenters. The molecule has 1 fully saturated rings. The van der Waals surface area contributed by atoms with Gasteiger partial charge in [-0.05, 0) is 18.2 Å². The Labute approximate surface area is 215 Å². The Bertz CT molecular complexity index is 1450. The number of amides is 1. The molecule has 4 aromatic rings. The average molecular weight is 527 g/mol. The number of halogens is 1. The molecule has 0 radical (unpaired) electrons. The molecular formula is C23H23ClN8O5. The van der Waals surface area contributed by atoms with Crippen LogP contribution in [0, 0.1) is 0 Å². The summed E-state index contributed by atoms with van der Waals surface area (Å²) in [6.45, 7) is 0.287. The van der Waals surface area contributed by atoms with Crippen LogP contribution in [0.4, 0.5) is 5.82 Å². The van der Waals surface area contributed by atoms with Crippen molar-refractivity contribution in [2.24, 2.45) is 0 Å². The molecule has 14 heteroatoms. The van der Waals surface area contributed by atoms with Crippen LogP contribution in [0.5, 0.6) is 5.75 Å². The number of hydrogen-bond donors (Lipinski definition) is 4. The number of aliphatic hydroxyl groups is 2. The summed E-state index contributed by atoms with van der Waals surface area (Å²) in [6, 6.07) is 7.00. The normalized spacial score (nSPS) is 21.2. The lowest BCUT2D eigenvalue weighted by Gasteiger charge is -2.17. The van der Waals surface area contributed by atoms with Crippen LogP contribution in [-0.4, -0.2) is 78.1 Å². The molecule has 4 atom stereocenters. The number of ether oxygens (including phenoxy) is 2. The molecule has 192 valence electrons. The van der Waals surface area contributed by atoms with Gasteiger partial charge >= 0.3 is 0 Å². The van der Waals surface area contributed by atoms with Crippen molar-refractivity contribution in [3.63, 3.8) is 0 Å². The quantitative estimate of drug-likeness (QED) is 0.252. The van der Waals surface area contributed by atoms with E-state index in [2.05, 4.69) is 35.6 Å². The van der Waals surface area contributed by atoms with Crippen molar-refractivity contribution < 1.29 is 24.5 Å². The first-order chi connectivity index (χ1) is 17.9. The number of rotatable bonds is 7. The highest BCUT2D eigenvalue weighted by Gasteiger charge is 2.47. The van der Waals surface area contributed by atoms with E-state index in [4.69, 9.17) is 21.1 Å². The molecule has 0 bridgehead atoms. The fourth-order valence-electron chi connectivity index (χ4n) is 3.98. The largest absolute Gasteiger partial charge is 0.495 e. The number of methoxy groups -OCH3 is 1.